The monoisotopic (exact) mass is 393 g/mol. The van der Waals surface area contributed by atoms with E-state index in [0.717, 1.165) is 22.8 Å². The summed E-state index contributed by atoms with van der Waals surface area (Å²) in [6.45, 7) is 0.756. The van der Waals surface area contributed by atoms with Crippen LogP contribution in [0.1, 0.15) is 29.6 Å². The fourth-order valence-corrected chi connectivity index (χ4v) is 3.63. The minimum Gasteiger partial charge on any atom is -0.351 e. The van der Waals surface area contributed by atoms with Crippen molar-refractivity contribution in [3.63, 3.8) is 0 Å². The van der Waals surface area contributed by atoms with Crippen LogP contribution in [-0.2, 0) is 0 Å². The predicted octanol–water partition coefficient (Wildman–Crippen LogP) is 4.40. The van der Waals surface area contributed by atoms with E-state index >= 15 is 0 Å². The smallest absolute Gasteiger partial charge is 0.252 e. The first-order chi connectivity index (χ1) is 8.56. The molecule has 1 aliphatic rings. The molecule has 1 aromatic carbocycles. The van der Waals surface area contributed by atoms with Crippen LogP contribution in [-0.4, -0.2) is 17.8 Å². The minimum atomic E-state index is -0.0422. The van der Waals surface area contributed by atoms with Crippen molar-refractivity contribution in [2.75, 3.05) is 11.9 Å². The molecule has 0 spiro atoms. The zero-order valence-electron chi connectivity index (χ0n) is 9.81. The Bertz CT molecular complexity index is 460. The highest BCUT2D eigenvalue weighted by molar-refractivity contribution is 9.10. The molecule has 5 heteroatoms. The lowest BCUT2D eigenvalue weighted by molar-refractivity contribution is 0.0943. The summed E-state index contributed by atoms with van der Waals surface area (Å²) in [6.07, 6.45) is 3.54. The zero-order chi connectivity index (χ0) is 13.2. The van der Waals surface area contributed by atoms with Gasteiger partial charge >= 0.3 is 0 Å². The Morgan fingerprint density at radius 1 is 1.44 bits per heavy atom. The summed E-state index contributed by atoms with van der Waals surface area (Å²) in [5.74, 6) is -0.0422. The molecule has 1 aliphatic carbocycles. The summed E-state index contributed by atoms with van der Waals surface area (Å²) in [5.41, 5.74) is 0.965. The SMILES string of the molecule is O=C(NCC1(CCBr)CC1)c1ccc(Cl)cc1Br. The topological polar surface area (TPSA) is 29.1 Å². The molecular formula is C13H14Br2ClNO. The fraction of sp³-hybridized carbons (Fsp3) is 0.462. The Morgan fingerprint density at radius 3 is 2.72 bits per heavy atom. The lowest BCUT2D eigenvalue weighted by Gasteiger charge is -2.15. The van der Waals surface area contributed by atoms with Gasteiger partial charge in [-0.25, -0.2) is 0 Å². The van der Waals surface area contributed by atoms with Crippen LogP contribution >= 0.6 is 43.5 Å². The van der Waals surface area contributed by atoms with E-state index in [2.05, 4.69) is 37.2 Å². The van der Waals surface area contributed by atoms with E-state index in [1.807, 2.05) is 0 Å². The van der Waals surface area contributed by atoms with E-state index in [0.29, 0.717) is 16.0 Å². The zero-order valence-corrected chi connectivity index (χ0v) is 13.7. The van der Waals surface area contributed by atoms with Crippen molar-refractivity contribution in [1.29, 1.82) is 0 Å². The molecule has 0 atom stereocenters. The summed E-state index contributed by atoms with van der Waals surface area (Å²) in [7, 11) is 0. The molecule has 2 rings (SSSR count). The van der Waals surface area contributed by atoms with Gasteiger partial charge in [-0.2, -0.15) is 0 Å². The number of halogens is 3. The average Bonchev–Trinajstić information content (AvgIpc) is 3.07. The van der Waals surface area contributed by atoms with Gasteiger partial charge in [-0.05, 0) is 58.8 Å². The second-order valence-corrected chi connectivity index (χ2v) is 6.83. The van der Waals surface area contributed by atoms with Crippen LogP contribution in [0.15, 0.2) is 22.7 Å². The van der Waals surface area contributed by atoms with Gasteiger partial charge in [0.25, 0.3) is 5.91 Å². The van der Waals surface area contributed by atoms with E-state index < -0.39 is 0 Å². The molecule has 18 heavy (non-hydrogen) atoms. The van der Waals surface area contributed by atoms with Gasteiger partial charge < -0.3 is 5.32 Å². The number of amides is 1. The molecule has 1 saturated carbocycles. The molecule has 1 fully saturated rings. The summed E-state index contributed by atoms with van der Waals surface area (Å²) in [4.78, 5) is 12.1. The number of alkyl halides is 1. The Kier molecular flexibility index (Phi) is 4.73. The third-order valence-electron chi connectivity index (χ3n) is 3.38. The van der Waals surface area contributed by atoms with Crippen molar-refractivity contribution in [1.82, 2.24) is 5.32 Å². The molecular weight excluding hydrogens is 381 g/mol. The van der Waals surface area contributed by atoms with Crippen LogP contribution in [0.3, 0.4) is 0 Å². The fourth-order valence-electron chi connectivity index (χ4n) is 1.93. The van der Waals surface area contributed by atoms with Crippen molar-refractivity contribution in [3.8, 4) is 0 Å². The van der Waals surface area contributed by atoms with Crippen LogP contribution in [0.2, 0.25) is 5.02 Å². The highest BCUT2D eigenvalue weighted by atomic mass is 79.9. The number of rotatable bonds is 5. The number of nitrogens with one attached hydrogen (secondary N) is 1. The third-order valence-corrected chi connectivity index (χ3v) is 4.67. The van der Waals surface area contributed by atoms with Crippen LogP contribution in [0.4, 0.5) is 0 Å². The Morgan fingerprint density at radius 2 is 2.17 bits per heavy atom. The summed E-state index contributed by atoms with van der Waals surface area (Å²) in [6, 6.07) is 5.21. The number of hydrogen-bond acceptors (Lipinski definition) is 1. The molecule has 0 unspecified atom stereocenters. The average molecular weight is 396 g/mol. The van der Waals surface area contributed by atoms with Crippen molar-refractivity contribution in [2.45, 2.75) is 19.3 Å². The van der Waals surface area contributed by atoms with Crippen molar-refractivity contribution in [2.24, 2.45) is 5.41 Å². The summed E-state index contributed by atoms with van der Waals surface area (Å²) < 4.78 is 0.734. The first kappa shape index (κ1) is 14.4. The van der Waals surface area contributed by atoms with E-state index in [9.17, 15) is 4.79 Å². The number of hydrogen-bond donors (Lipinski definition) is 1. The second-order valence-electron chi connectivity index (χ2n) is 4.75. The molecule has 1 amide bonds. The van der Waals surface area contributed by atoms with E-state index in [-0.39, 0.29) is 5.91 Å². The largest absolute Gasteiger partial charge is 0.351 e. The summed E-state index contributed by atoms with van der Waals surface area (Å²) in [5, 5.41) is 4.63. The van der Waals surface area contributed by atoms with E-state index in [1.165, 1.54) is 12.8 Å². The quantitative estimate of drug-likeness (QED) is 0.736. The van der Waals surface area contributed by atoms with E-state index in [4.69, 9.17) is 11.6 Å². The maximum Gasteiger partial charge on any atom is 0.252 e. The number of benzene rings is 1. The van der Waals surface area contributed by atoms with Crippen LogP contribution in [0, 0.1) is 5.41 Å². The molecule has 0 heterocycles. The number of carbonyl (C=O) groups is 1. The molecule has 0 aliphatic heterocycles. The maximum atomic E-state index is 12.1. The molecule has 1 aromatic rings. The third kappa shape index (κ3) is 3.49. The molecule has 98 valence electrons. The van der Waals surface area contributed by atoms with Gasteiger partial charge in [-0.15, -0.1) is 0 Å². The van der Waals surface area contributed by atoms with Gasteiger partial charge in [0, 0.05) is 21.4 Å². The summed E-state index contributed by atoms with van der Waals surface area (Å²) >= 11 is 12.7. The Balaban J connectivity index is 1.96. The Labute approximate surface area is 129 Å². The van der Waals surface area contributed by atoms with Crippen LogP contribution < -0.4 is 5.32 Å². The highest BCUT2D eigenvalue weighted by Crippen LogP contribution is 2.48. The van der Waals surface area contributed by atoms with Crippen molar-refractivity contribution >= 4 is 49.4 Å². The lowest BCUT2D eigenvalue weighted by Crippen LogP contribution is -2.30. The molecule has 2 nitrogen and oxygen atoms in total. The first-order valence-corrected chi connectivity index (χ1v) is 8.15. The van der Waals surface area contributed by atoms with Gasteiger partial charge in [-0.1, -0.05) is 27.5 Å². The van der Waals surface area contributed by atoms with Gasteiger partial charge in [0.15, 0.2) is 0 Å². The number of carbonyl (C=O) groups excluding carboxylic acids is 1. The molecule has 0 radical (unpaired) electrons. The maximum absolute atomic E-state index is 12.1. The van der Waals surface area contributed by atoms with Crippen molar-refractivity contribution in [3.05, 3.63) is 33.3 Å². The predicted molar refractivity (Wildman–Crippen MR) is 81.6 cm³/mol. The Hall–Kier alpha value is -0.0600. The minimum absolute atomic E-state index is 0.0422. The van der Waals surface area contributed by atoms with Gasteiger partial charge in [0.05, 0.1) is 5.56 Å². The van der Waals surface area contributed by atoms with Crippen LogP contribution in [0.5, 0.6) is 0 Å². The standard InChI is InChI=1S/C13H14Br2ClNO/c14-6-5-13(3-4-13)8-17-12(18)10-2-1-9(16)7-11(10)15/h1-2,7H,3-6,8H2,(H,17,18). The molecule has 0 aromatic heterocycles. The second kappa shape index (κ2) is 5.93. The highest BCUT2D eigenvalue weighted by Gasteiger charge is 2.41. The van der Waals surface area contributed by atoms with E-state index in [1.54, 1.807) is 18.2 Å². The van der Waals surface area contributed by atoms with Gasteiger partial charge in [0.2, 0.25) is 0 Å². The van der Waals surface area contributed by atoms with Gasteiger partial charge in [-0.3, -0.25) is 4.79 Å². The normalized spacial score (nSPS) is 16.4. The first-order valence-electron chi connectivity index (χ1n) is 5.86. The molecule has 1 N–H and O–H groups in total. The van der Waals surface area contributed by atoms with Crippen molar-refractivity contribution < 1.29 is 4.79 Å². The lowest BCUT2D eigenvalue weighted by atomic mass is 10.0. The molecule has 0 bridgehead atoms. The molecule has 0 saturated heterocycles. The van der Waals surface area contributed by atoms with Gasteiger partial charge in [0.1, 0.15) is 0 Å². The van der Waals surface area contributed by atoms with Crippen LogP contribution in [0.25, 0.3) is 0 Å².